The second kappa shape index (κ2) is 10.5. The third kappa shape index (κ3) is 6.65. The zero-order valence-electron chi connectivity index (χ0n) is 17.8. The van der Waals surface area contributed by atoms with Crippen molar-refractivity contribution in [1.82, 2.24) is 9.62 Å². The Bertz CT molecular complexity index is 836. The van der Waals surface area contributed by atoms with E-state index in [1.165, 1.54) is 0 Å². The minimum absolute atomic E-state index is 0.110. The molecular weight excluding hydrogens is 386 g/mol. The highest BCUT2D eigenvalue weighted by atomic mass is 32.2. The number of hydrogen-bond donors (Lipinski definition) is 2. The van der Waals surface area contributed by atoms with E-state index in [-0.39, 0.29) is 12.1 Å². The Morgan fingerprint density at radius 1 is 1.17 bits per heavy atom. The molecule has 2 N–H and O–H groups in total. The van der Waals surface area contributed by atoms with Crippen molar-refractivity contribution in [2.75, 3.05) is 18.4 Å². The first kappa shape index (κ1) is 23.0. The van der Waals surface area contributed by atoms with Gasteiger partial charge in [0.1, 0.15) is 5.60 Å². The van der Waals surface area contributed by atoms with Crippen LogP contribution >= 0.6 is 11.9 Å². The van der Waals surface area contributed by atoms with E-state index < -0.39 is 5.60 Å². The monoisotopic (exact) mass is 417 g/mol. The molecule has 6 nitrogen and oxygen atoms in total. The lowest BCUT2D eigenvalue weighted by atomic mass is 10.1. The van der Waals surface area contributed by atoms with Crippen molar-refractivity contribution in [3.05, 3.63) is 36.4 Å². The molecule has 7 heteroatoms. The molecule has 0 saturated carbocycles. The zero-order valence-corrected chi connectivity index (χ0v) is 18.6. The molecule has 0 fully saturated rings. The fraction of sp³-hybridized carbons (Fsp3) is 0.455. The Kier molecular flexibility index (Phi) is 8.34. The molecule has 0 aliphatic rings. The van der Waals surface area contributed by atoms with Crippen molar-refractivity contribution in [2.45, 2.75) is 57.6 Å². The van der Waals surface area contributed by atoms with E-state index in [1.807, 2.05) is 64.1 Å². The summed E-state index contributed by atoms with van der Waals surface area (Å²) in [7, 11) is 0. The van der Waals surface area contributed by atoms with Gasteiger partial charge in [0.2, 0.25) is 6.41 Å². The fourth-order valence-corrected chi connectivity index (χ4v) is 3.83. The lowest BCUT2D eigenvalue weighted by molar-refractivity contribution is -0.105. The van der Waals surface area contributed by atoms with Gasteiger partial charge in [0.25, 0.3) is 0 Å². The number of carbonyl (C=O) groups is 2. The van der Waals surface area contributed by atoms with Gasteiger partial charge < -0.3 is 15.0 Å². The van der Waals surface area contributed by atoms with Crippen molar-refractivity contribution in [3.63, 3.8) is 0 Å². The van der Waals surface area contributed by atoms with Gasteiger partial charge in [-0.05, 0) is 63.6 Å². The number of carbonyl (C=O) groups excluding carboxylic acids is 2. The Labute approximate surface area is 177 Å². The maximum absolute atomic E-state index is 12.4. The predicted molar refractivity (Wildman–Crippen MR) is 120 cm³/mol. The van der Waals surface area contributed by atoms with Crippen LogP contribution in [0, 0.1) is 0 Å². The largest absolute Gasteiger partial charge is 0.444 e. The van der Waals surface area contributed by atoms with Crippen LogP contribution in [-0.2, 0) is 9.53 Å². The van der Waals surface area contributed by atoms with Gasteiger partial charge in [-0.3, -0.25) is 9.52 Å². The second-order valence-electron chi connectivity index (χ2n) is 7.76. The van der Waals surface area contributed by atoms with Crippen LogP contribution in [0.15, 0.2) is 41.3 Å². The number of fused-ring (bicyclic) bond motifs is 1. The van der Waals surface area contributed by atoms with E-state index >= 15 is 0 Å². The molecule has 2 aromatic carbocycles. The summed E-state index contributed by atoms with van der Waals surface area (Å²) < 4.78 is 9.00. The van der Waals surface area contributed by atoms with Crippen LogP contribution in [0.1, 0.15) is 41.0 Å². The Balaban J connectivity index is 2.10. The van der Waals surface area contributed by atoms with Crippen LogP contribution in [-0.4, -0.2) is 42.1 Å². The van der Waals surface area contributed by atoms with Crippen molar-refractivity contribution in [3.8, 4) is 0 Å². The smallest absolute Gasteiger partial charge is 0.410 e. The van der Waals surface area contributed by atoms with Gasteiger partial charge in [0.15, 0.2) is 0 Å². The molecule has 0 heterocycles. The second-order valence-corrected chi connectivity index (χ2v) is 8.64. The Morgan fingerprint density at radius 3 is 2.45 bits per heavy atom. The van der Waals surface area contributed by atoms with Gasteiger partial charge in [-0.15, -0.1) is 0 Å². The van der Waals surface area contributed by atoms with Gasteiger partial charge in [-0.2, -0.15) is 0 Å². The molecule has 0 radical (unpaired) electrons. The van der Waals surface area contributed by atoms with Crippen LogP contribution in [0.2, 0.25) is 0 Å². The standard InChI is InChI=1S/C22H31N3O3S/c1-6-16(14-25(7-2)21(27)28-22(3,4)5)24-29-20-13-12-19(23-15-26)17-10-8-9-11-18(17)20/h8-13,15-16,24H,6-7,14H2,1-5H3,(H,23,26). The highest BCUT2D eigenvalue weighted by molar-refractivity contribution is 7.97. The van der Waals surface area contributed by atoms with Crippen LogP contribution in [0.4, 0.5) is 10.5 Å². The van der Waals surface area contributed by atoms with Crippen LogP contribution in [0.3, 0.4) is 0 Å². The van der Waals surface area contributed by atoms with Crippen molar-refractivity contribution >= 4 is 40.9 Å². The highest BCUT2D eigenvalue weighted by Crippen LogP contribution is 2.31. The van der Waals surface area contributed by atoms with Gasteiger partial charge in [-0.1, -0.05) is 31.2 Å². The first-order valence-electron chi connectivity index (χ1n) is 9.91. The topological polar surface area (TPSA) is 70.7 Å². The maximum atomic E-state index is 12.4. The summed E-state index contributed by atoms with van der Waals surface area (Å²) in [6, 6.07) is 12.0. The highest BCUT2D eigenvalue weighted by Gasteiger charge is 2.23. The molecule has 0 aromatic heterocycles. The zero-order chi connectivity index (χ0) is 21.4. The van der Waals surface area contributed by atoms with E-state index in [1.54, 1.807) is 16.8 Å². The summed E-state index contributed by atoms with van der Waals surface area (Å²) in [6.07, 6.45) is 1.27. The van der Waals surface area contributed by atoms with E-state index in [0.29, 0.717) is 19.5 Å². The first-order chi connectivity index (χ1) is 13.8. The summed E-state index contributed by atoms with van der Waals surface area (Å²) in [5.41, 5.74) is 0.277. The number of nitrogens with zero attached hydrogens (tertiary/aromatic N) is 1. The van der Waals surface area contributed by atoms with Crippen LogP contribution in [0.5, 0.6) is 0 Å². The number of ether oxygens (including phenoxy) is 1. The minimum Gasteiger partial charge on any atom is -0.444 e. The molecule has 0 aliphatic carbocycles. The van der Waals surface area contributed by atoms with Crippen LogP contribution < -0.4 is 10.0 Å². The average molecular weight is 418 g/mol. The summed E-state index contributed by atoms with van der Waals surface area (Å²) >= 11 is 1.54. The van der Waals surface area contributed by atoms with E-state index in [0.717, 1.165) is 27.8 Å². The molecule has 1 atom stereocenters. The number of amides is 2. The maximum Gasteiger partial charge on any atom is 0.410 e. The van der Waals surface area contributed by atoms with E-state index in [2.05, 4.69) is 17.0 Å². The Hall–Kier alpha value is -2.25. The predicted octanol–water partition coefficient (Wildman–Crippen LogP) is 5.04. The number of nitrogens with one attached hydrogen (secondary N) is 2. The number of likely N-dealkylation sites (N-methyl/N-ethyl adjacent to an activating group) is 1. The summed E-state index contributed by atoms with van der Waals surface area (Å²) in [5, 5.41) is 4.80. The molecule has 0 bridgehead atoms. The van der Waals surface area contributed by atoms with Crippen molar-refractivity contribution in [1.29, 1.82) is 0 Å². The van der Waals surface area contributed by atoms with E-state index in [4.69, 9.17) is 4.74 Å². The van der Waals surface area contributed by atoms with Crippen LogP contribution in [0.25, 0.3) is 10.8 Å². The van der Waals surface area contributed by atoms with Gasteiger partial charge in [0, 0.05) is 35.1 Å². The van der Waals surface area contributed by atoms with Gasteiger partial charge in [0.05, 0.1) is 0 Å². The van der Waals surface area contributed by atoms with Crippen molar-refractivity contribution < 1.29 is 14.3 Å². The lowest BCUT2D eigenvalue weighted by Gasteiger charge is -2.29. The summed E-state index contributed by atoms with van der Waals surface area (Å²) in [6.45, 7) is 10.8. The number of rotatable bonds is 9. The Morgan fingerprint density at radius 2 is 1.86 bits per heavy atom. The molecule has 0 aliphatic heterocycles. The third-order valence-electron chi connectivity index (χ3n) is 4.40. The molecular formula is C22H31N3O3S. The molecule has 2 aromatic rings. The fourth-order valence-electron chi connectivity index (χ4n) is 2.87. The number of hydrogen-bond acceptors (Lipinski definition) is 5. The molecule has 2 rings (SSSR count). The quantitative estimate of drug-likeness (QED) is 0.442. The first-order valence-corrected chi connectivity index (χ1v) is 10.7. The third-order valence-corrected chi connectivity index (χ3v) is 5.43. The molecule has 29 heavy (non-hydrogen) atoms. The van der Waals surface area contributed by atoms with Gasteiger partial charge in [-0.25, -0.2) is 4.79 Å². The summed E-state index contributed by atoms with van der Waals surface area (Å²) in [4.78, 5) is 26.1. The SMILES string of the molecule is CCC(CN(CC)C(=O)OC(C)(C)C)NSc1ccc(NC=O)c2ccccc12. The number of anilines is 1. The molecule has 0 spiro atoms. The summed E-state index contributed by atoms with van der Waals surface area (Å²) in [5.74, 6) is 0. The minimum atomic E-state index is -0.509. The normalized spacial score (nSPS) is 12.4. The average Bonchev–Trinajstić information content (AvgIpc) is 2.68. The van der Waals surface area contributed by atoms with Gasteiger partial charge >= 0.3 is 6.09 Å². The lowest BCUT2D eigenvalue weighted by Crippen LogP contribution is -2.43. The number of benzene rings is 2. The molecule has 1 unspecified atom stereocenters. The molecule has 2 amide bonds. The molecule has 158 valence electrons. The van der Waals surface area contributed by atoms with Crippen molar-refractivity contribution in [2.24, 2.45) is 0 Å². The van der Waals surface area contributed by atoms with E-state index in [9.17, 15) is 9.59 Å². The molecule has 0 saturated heterocycles.